The first-order valence-corrected chi connectivity index (χ1v) is 12.1. The van der Waals surface area contributed by atoms with Gasteiger partial charge in [0.1, 0.15) is 0 Å². The summed E-state index contributed by atoms with van der Waals surface area (Å²) in [6, 6.07) is 5.13. The van der Waals surface area contributed by atoms with E-state index < -0.39 is 0 Å². The highest BCUT2D eigenvalue weighted by atomic mass is 35.5. The van der Waals surface area contributed by atoms with Crippen molar-refractivity contribution in [3.8, 4) is 11.4 Å². The topological polar surface area (TPSA) is 99.0 Å². The summed E-state index contributed by atoms with van der Waals surface area (Å²) in [4.78, 5) is 28.2. The smallest absolute Gasteiger partial charge is 0.311 e. The molecule has 168 valence electrons. The SMILES string of the molecule is C=CCn1c(SCC(=O)Nc2nc(CC(=O)OCC)cs2)nnc1-c1ccc(Cl)cc1Cl. The number of esters is 1. The number of thiazole rings is 1. The number of nitrogens with zero attached hydrogens (tertiary/aromatic N) is 4. The summed E-state index contributed by atoms with van der Waals surface area (Å²) in [5.41, 5.74) is 1.23. The Morgan fingerprint density at radius 1 is 1.34 bits per heavy atom. The molecule has 0 spiro atoms. The Labute approximate surface area is 203 Å². The second kappa shape index (κ2) is 11.5. The standard InChI is InChI=1S/C20H19Cl2N5O3S2/c1-3-7-27-18(14-6-5-12(21)8-15(14)22)25-26-20(27)32-11-16(28)24-19-23-13(10-31-19)9-17(29)30-4-2/h3,5-6,8,10H,1,4,7,9,11H2,2H3,(H,23,24,28). The fourth-order valence-corrected chi connectivity index (χ4v) is 4.62. The van der Waals surface area contributed by atoms with Crippen molar-refractivity contribution < 1.29 is 14.3 Å². The van der Waals surface area contributed by atoms with E-state index in [4.69, 9.17) is 27.9 Å². The van der Waals surface area contributed by atoms with E-state index in [9.17, 15) is 9.59 Å². The second-order valence-corrected chi connectivity index (χ2v) is 8.94. The van der Waals surface area contributed by atoms with E-state index in [1.165, 1.54) is 23.1 Å². The molecule has 8 nitrogen and oxygen atoms in total. The zero-order valence-electron chi connectivity index (χ0n) is 17.0. The normalized spacial score (nSPS) is 10.7. The molecule has 1 amide bonds. The van der Waals surface area contributed by atoms with Crippen LogP contribution in [0.1, 0.15) is 12.6 Å². The van der Waals surface area contributed by atoms with E-state index in [-0.39, 0.29) is 24.1 Å². The highest BCUT2D eigenvalue weighted by molar-refractivity contribution is 7.99. The molecule has 3 aromatic rings. The summed E-state index contributed by atoms with van der Waals surface area (Å²) < 4.78 is 6.72. The van der Waals surface area contributed by atoms with Crippen LogP contribution in [0.3, 0.4) is 0 Å². The number of hydrogen-bond acceptors (Lipinski definition) is 8. The molecule has 0 unspecified atom stereocenters. The second-order valence-electron chi connectivity index (χ2n) is 6.29. The molecule has 3 rings (SSSR count). The van der Waals surface area contributed by atoms with Crippen molar-refractivity contribution in [1.29, 1.82) is 0 Å². The van der Waals surface area contributed by atoms with Gasteiger partial charge in [-0.25, -0.2) is 4.98 Å². The number of aromatic nitrogens is 4. The molecular weight excluding hydrogens is 493 g/mol. The number of amides is 1. The van der Waals surface area contributed by atoms with E-state index >= 15 is 0 Å². The number of allylic oxidation sites excluding steroid dienone is 1. The molecule has 0 saturated carbocycles. The van der Waals surface area contributed by atoms with Crippen molar-refractivity contribution in [1.82, 2.24) is 19.7 Å². The number of nitrogens with one attached hydrogen (secondary N) is 1. The van der Waals surface area contributed by atoms with Crippen LogP contribution in [0.2, 0.25) is 10.0 Å². The largest absolute Gasteiger partial charge is 0.466 e. The van der Waals surface area contributed by atoms with Crippen LogP contribution in [0.5, 0.6) is 0 Å². The lowest BCUT2D eigenvalue weighted by molar-refractivity contribution is -0.142. The number of anilines is 1. The van der Waals surface area contributed by atoms with Crippen LogP contribution in [0.15, 0.2) is 41.4 Å². The van der Waals surface area contributed by atoms with Crippen LogP contribution in [0, 0.1) is 0 Å². The molecule has 32 heavy (non-hydrogen) atoms. The van der Waals surface area contributed by atoms with Crippen molar-refractivity contribution in [3.05, 3.63) is 52.0 Å². The molecule has 0 aliphatic heterocycles. The van der Waals surface area contributed by atoms with Crippen LogP contribution in [0.4, 0.5) is 5.13 Å². The Morgan fingerprint density at radius 3 is 2.88 bits per heavy atom. The minimum Gasteiger partial charge on any atom is -0.466 e. The van der Waals surface area contributed by atoms with Gasteiger partial charge in [0, 0.05) is 22.5 Å². The Kier molecular flexibility index (Phi) is 8.68. The molecule has 1 aromatic carbocycles. The predicted octanol–water partition coefficient (Wildman–Crippen LogP) is 4.73. The number of benzene rings is 1. The Bertz CT molecular complexity index is 1130. The molecule has 12 heteroatoms. The lowest BCUT2D eigenvalue weighted by Crippen LogP contribution is -2.15. The van der Waals surface area contributed by atoms with Crippen molar-refractivity contribution in [2.45, 2.75) is 25.0 Å². The minimum atomic E-state index is -0.357. The highest BCUT2D eigenvalue weighted by Gasteiger charge is 2.18. The van der Waals surface area contributed by atoms with Crippen molar-refractivity contribution in [2.24, 2.45) is 0 Å². The number of hydrogen-bond donors (Lipinski definition) is 1. The van der Waals surface area contributed by atoms with Crippen LogP contribution >= 0.6 is 46.3 Å². The predicted molar refractivity (Wildman–Crippen MR) is 127 cm³/mol. The zero-order chi connectivity index (χ0) is 23.1. The molecule has 0 aliphatic rings. The number of ether oxygens (including phenoxy) is 1. The van der Waals surface area contributed by atoms with Gasteiger partial charge in [0.15, 0.2) is 16.1 Å². The molecule has 0 aliphatic carbocycles. The first-order chi connectivity index (χ1) is 15.4. The Morgan fingerprint density at radius 2 is 2.16 bits per heavy atom. The summed E-state index contributed by atoms with van der Waals surface area (Å²) in [6.07, 6.45) is 1.77. The number of carbonyl (C=O) groups is 2. The summed E-state index contributed by atoms with van der Waals surface area (Å²) in [6.45, 7) is 6.27. The van der Waals surface area contributed by atoms with Crippen LogP contribution in [0.25, 0.3) is 11.4 Å². The maximum atomic E-state index is 12.4. The van der Waals surface area contributed by atoms with Crippen LogP contribution in [-0.2, 0) is 27.3 Å². The lowest BCUT2D eigenvalue weighted by Gasteiger charge is -2.09. The fourth-order valence-electron chi connectivity index (χ4n) is 2.65. The van der Waals surface area contributed by atoms with Gasteiger partial charge < -0.3 is 10.1 Å². The van der Waals surface area contributed by atoms with E-state index in [0.717, 1.165) is 0 Å². The average molecular weight is 512 g/mol. The van der Waals surface area contributed by atoms with Gasteiger partial charge in [-0.1, -0.05) is 41.0 Å². The monoisotopic (exact) mass is 511 g/mol. The summed E-state index contributed by atoms with van der Waals surface area (Å²) in [5, 5.41) is 14.8. The van der Waals surface area contributed by atoms with Crippen LogP contribution < -0.4 is 5.32 Å². The third-order valence-electron chi connectivity index (χ3n) is 3.96. The highest BCUT2D eigenvalue weighted by Crippen LogP contribution is 2.31. The first kappa shape index (κ1) is 24.2. The quantitative estimate of drug-likeness (QED) is 0.238. The molecule has 0 radical (unpaired) electrons. The van der Waals surface area contributed by atoms with Gasteiger partial charge in [0.05, 0.1) is 29.5 Å². The number of halogens is 2. The fraction of sp³-hybridized carbons (Fsp3) is 0.250. The van der Waals surface area contributed by atoms with Gasteiger partial charge in [0.2, 0.25) is 5.91 Å². The third-order valence-corrected chi connectivity index (χ3v) is 6.28. The van der Waals surface area contributed by atoms with Crippen molar-refractivity contribution >= 4 is 63.3 Å². The van der Waals surface area contributed by atoms with E-state index in [0.29, 0.717) is 50.6 Å². The molecule has 2 heterocycles. The number of rotatable bonds is 10. The summed E-state index contributed by atoms with van der Waals surface area (Å²) >= 11 is 14.8. The Hall–Kier alpha value is -2.40. The molecular formula is C20H19Cl2N5O3S2. The van der Waals surface area contributed by atoms with E-state index in [1.54, 1.807) is 36.6 Å². The molecule has 0 bridgehead atoms. The van der Waals surface area contributed by atoms with Gasteiger partial charge in [-0.15, -0.1) is 28.1 Å². The average Bonchev–Trinajstić information content (AvgIpc) is 3.34. The first-order valence-electron chi connectivity index (χ1n) is 9.43. The zero-order valence-corrected chi connectivity index (χ0v) is 20.2. The van der Waals surface area contributed by atoms with Gasteiger partial charge >= 0.3 is 5.97 Å². The van der Waals surface area contributed by atoms with Crippen molar-refractivity contribution in [2.75, 3.05) is 17.7 Å². The van der Waals surface area contributed by atoms with Gasteiger partial charge in [-0.05, 0) is 25.1 Å². The molecule has 0 atom stereocenters. The van der Waals surface area contributed by atoms with Gasteiger partial charge in [-0.2, -0.15) is 0 Å². The number of carbonyl (C=O) groups excluding carboxylic acids is 2. The third kappa shape index (κ3) is 6.32. The van der Waals surface area contributed by atoms with E-state index in [2.05, 4.69) is 27.1 Å². The van der Waals surface area contributed by atoms with Gasteiger partial charge in [-0.3, -0.25) is 14.2 Å². The maximum absolute atomic E-state index is 12.4. The molecule has 0 saturated heterocycles. The molecule has 2 aromatic heterocycles. The number of thioether (sulfide) groups is 1. The summed E-state index contributed by atoms with van der Waals surface area (Å²) in [7, 11) is 0. The molecule has 1 N–H and O–H groups in total. The molecule has 0 fully saturated rings. The lowest BCUT2D eigenvalue weighted by atomic mass is 10.2. The van der Waals surface area contributed by atoms with Gasteiger partial charge in [0.25, 0.3) is 0 Å². The summed E-state index contributed by atoms with van der Waals surface area (Å²) in [5.74, 6) is 0.0322. The van der Waals surface area contributed by atoms with E-state index in [1.807, 2.05) is 4.57 Å². The van der Waals surface area contributed by atoms with Crippen molar-refractivity contribution in [3.63, 3.8) is 0 Å². The Balaban J connectivity index is 1.65. The minimum absolute atomic E-state index is 0.0651. The maximum Gasteiger partial charge on any atom is 0.311 e. The van der Waals surface area contributed by atoms with Crippen LogP contribution in [-0.4, -0.2) is 44.0 Å².